The molecular weight excluding hydrogens is 202 g/mol. The molecule has 3 nitrogen and oxygen atoms in total. The first-order chi connectivity index (χ1) is 7.77. The van der Waals surface area contributed by atoms with Crippen LogP contribution in [0, 0.1) is 6.92 Å². The number of hydrogen-bond donors (Lipinski definition) is 1. The van der Waals surface area contributed by atoms with Gasteiger partial charge in [-0.3, -0.25) is 0 Å². The van der Waals surface area contributed by atoms with Crippen LogP contribution in [0.1, 0.15) is 44.1 Å². The summed E-state index contributed by atoms with van der Waals surface area (Å²) in [5.74, 6) is 0.953. The van der Waals surface area contributed by atoms with Gasteiger partial charge in [-0.1, -0.05) is 13.8 Å². The third kappa shape index (κ3) is 4.37. The fourth-order valence-corrected chi connectivity index (χ4v) is 1.58. The summed E-state index contributed by atoms with van der Waals surface area (Å²) in [6.45, 7) is 8.79. The Bertz CT molecular complexity index is 283. The van der Waals surface area contributed by atoms with Crippen LogP contribution in [0.15, 0.2) is 16.7 Å². The minimum atomic E-state index is 0.254. The summed E-state index contributed by atoms with van der Waals surface area (Å²) < 4.78 is 10.9. The van der Waals surface area contributed by atoms with E-state index in [-0.39, 0.29) is 6.04 Å². The lowest BCUT2D eigenvalue weighted by atomic mass is 10.1. The van der Waals surface area contributed by atoms with E-state index in [2.05, 4.69) is 25.2 Å². The summed E-state index contributed by atoms with van der Waals surface area (Å²) in [5, 5.41) is 3.47. The molecule has 0 bridgehead atoms. The van der Waals surface area contributed by atoms with Gasteiger partial charge in [0.15, 0.2) is 0 Å². The molecule has 0 aliphatic rings. The van der Waals surface area contributed by atoms with Crippen molar-refractivity contribution in [2.24, 2.45) is 0 Å². The first-order valence-corrected chi connectivity index (χ1v) is 6.14. The van der Waals surface area contributed by atoms with E-state index >= 15 is 0 Å². The van der Waals surface area contributed by atoms with Gasteiger partial charge in [-0.2, -0.15) is 0 Å². The smallest absolute Gasteiger partial charge is 0.101 e. The van der Waals surface area contributed by atoms with Gasteiger partial charge >= 0.3 is 0 Å². The third-order valence-electron chi connectivity index (χ3n) is 2.43. The second kappa shape index (κ2) is 7.47. The lowest BCUT2D eigenvalue weighted by Gasteiger charge is -2.16. The molecule has 92 valence electrons. The Morgan fingerprint density at radius 2 is 2.19 bits per heavy atom. The quantitative estimate of drug-likeness (QED) is 0.690. The van der Waals surface area contributed by atoms with E-state index in [1.165, 1.54) is 5.56 Å². The van der Waals surface area contributed by atoms with Crippen molar-refractivity contribution in [3.05, 3.63) is 23.7 Å². The van der Waals surface area contributed by atoms with E-state index < -0.39 is 0 Å². The van der Waals surface area contributed by atoms with Crippen LogP contribution < -0.4 is 5.32 Å². The fourth-order valence-electron chi connectivity index (χ4n) is 1.58. The number of furan rings is 1. The summed E-state index contributed by atoms with van der Waals surface area (Å²) in [7, 11) is 0. The van der Waals surface area contributed by atoms with Crippen LogP contribution in [-0.4, -0.2) is 19.8 Å². The highest BCUT2D eigenvalue weighted by atomic mass is 16.5. The molecule has 0 radical (unpaired) electrons. The molecule has 1 aromatic rings. The van der Waals surface area contributed by atoms with E-state index in [0.29, 0.717) is 6.61 Å². The van der Waals surface area contributed by atoms with E-state index in [1.807, 2.05) is 13.2 Å². The van der Waals surface area contributed by atoms with Gasteiger partial charge in [0.05, 0.1) is 18.9 Å². The Balaban J connectivity index is 2.49. The molecule has 0 spiro atoms. The predicted octanol–water partition coefficient (Wildman–Crippen LogP) is 3.06. The maximum Gasteiger partial charge on any atom is 0.101 e. The molecule has 1 unspecified atom stereocenters. The van der Waals surface area contributed by atoms with Crippen molar-refractivity contribution >= 4 is 0 Å². The maximum absolute atomic E-state index is 5.60. The number of hydrogen-bond acceptors (Lipinski definition) is 3. The fraction of sp³-hybridized carbons (Fsp3) is 0.692. The minimum Gasteiger partial charge on any atom is -0.469 e. The molecule has 1 heterocycles. The molecule has 0 fully saturated rings. The Morgan fingerprint density at radius 1 is 1.38 bits per heavy atom. The van der Waals surface area contributed by atoms with Gasteiger partial charge < -0.3 is 14.5 Å². The zero-order valence-electron chi connectivity index (χ0n) is 10.6. The predicted molar refractivity (Wildman–Crippen MR) is 65.6 cm³/mol. The Hall–Kier alpha value is -0.800. The van der Waals surface area contributed by atoms with Gasteiger partial charge in [-0.05, 0) is 32.4 Å². The molecule has 1 atom stereocenters. The average molecular weight is 225 g/mol. The molecule has 0 amide bonds. The van der Waals surface area contributed by atoms with Crippen molar-refractivity contribution < 1.29 is 9.15 Å². The minimum absolute atomic E-state index is 0.254. The Labute approximate surface area is 98.2 Å². The molecular formula is C13H23NO2. The van der Waals surface area contributed by atoms with Crippen LogP contribution in [0.25, 0.3) is 0 Å². The second-order valence-corrected chi connectivity index (χ2v) is 4.07. The zero-order valence-corrected chi connectivity index (χ0v) is 10.6. The van der Waals surface area contributed by atoms with Crippen LogP contribution in [0.4, 0.5) is 0 Å². The van der Waals surface area contributed by atoms with Crippen LogP contribution in [-0.2, 0) is 4.74 Å². The first kappa shape index (κ1) is 13.3. The average Bonchev–Trinajstić information content (AvgIpc) is 2.70. The van der Waals surface area contributed by atoms with Crippen molar-refractivity contribution in [2.45, 2.75) is 39.7 Å². The molecule has 0 saturated heterocycles. The van der Waals surface area contributed by atoms with Crippen molar-refractivity contribution in [3.63, 3.8) is 0 Å². The Morgan fingerprint density at radius 3 is 2.75 bits per heavy atom. The highest BCUT2D eigenvalue weighted by Gasteiger charge is 2.12. The number of rotatable bonds is 8. The van der Waals surface area contributed by atoms with E-state index in [9.17, 15) is 0 Å². The van der Waals surface area contributed by atoms with Gasteiger partial charge in [0, 0.05) is 12.2 Å². The molecule has 0 aromatic carbocycles. The third-order valence-corrected chi connectivity index (χ3v) is 2.43. The van der Waals surface area contributed by atoms with E-state index in [4.69, 9.17) is 9.15 Å². The second-order valence-electron chi connectivity index (χ2n) is 4.07. The van der Waals surface area contributed by atoms with E-state index in [1.54, 1.807) is 0 Å². The SMILES string of the molecule is CCCNC(COCCC)c1coc(C)c1. The standard InChI is InChI=1S/C13H23NO2/c1-4-6-14-13(10-15-7-5-2)12-8-11(3)16-9-12/h8-9,13-14H,4-7,10H2,1-3H3. The highest BCUT2D eigenvalue weighted by molar-refractivity contribution is 5.16. The number of nitrogens with one attached hydrogen (secondary N) is 1. The van der Waals surface area contributed by atoms with E-state index in [0.717, 1.165) is 31.8 Å². The molecule has 16 heavy (non-hydrogen) atoms. The lowest BCUT2D eigenvalue weighted by molar-refractivity contribution is 0.112. The zero-order chi connectivity index (χ0) is 11.8. The monoisotopic (exact) mass is 225 g/mol. The van der Waals surface area contributed by atoms with Gasteiger partial charge in [0.25, 0.3) is 0 Å². The van der Waals surface area contributed by atoms with Gasteiger partial charge in [0.2, 0.25) is 0 Å². The molecule has 3 heteroatoms. The van der Waals surface area contributed by atoms with Gasteiger partial charge in [-0.15, -0.1) is 0 Å². The molecule has 0 saturated carbocycles. The maximum atomic E-state index is 5.60. The van der Waals surface area contributed by atoms with Gasteiger partial charge in [-0.25, -0.2) is 0 Å². The number of ether oxygens (including phenoxy) is 1. The molecule has 0 aliphatic carbocycles. The van der Waals surface area contributed by atoms with Crippen molar-refractivity contribution in [3.8, 4) is 0 Å². The summed E-state index contributed by atoms with van der Waals surface area (Å²) >= 11 is 0. The summed E-state index contributed by atoms with van der Waals surface area (Å²) in [6.07, 6.45) is 4.00. The molecule has 1 N–H and O–H groups in total. The number of aryl methyl sites for hydroxylation is 1. The Kier molecular flexibility index (Phi) is 6.19. The highest BCUT2D eigenvalue weighted by Crippen LogP contribution is 2.16. The molecule has 1 rings (SSSR count). The lowest BCUT2D eigenvalue weighted by Crippen LogP contribution is -2.26. The topological polar surface area (TPSA) is 34.4 Å². The van der Waals surface area contributed by atoms with Crippen LogP contribution >= 0.6 is 0 Å². The summed E-state index contributed by atoms with van der Waals surface area (Å²) in [5.41, 5.74) is 1.18. The normalized spacial score (nSPS) is 12.9. The molecule has 1 aromatic heterocycles. The first-order valence-electron chi connectivity index (χ1n) is 6.14. The summed E-state index contributed by atoms with van der Waals surface area (Å²) in [4.78, 5) is 0. The van der Waals surface area contributed by atoms with Gasteiger partial charge in [0.1, 0.15) is 5.76 Å². The van der Waals surface area contributed by atoms with Crippen LogP contribution in [0.5, 0.6) is 0 Å². The summed E-state index contributed by atoms with van der Waals surface area (Å²) in [6, 6.07) is 2.33. The molecule has 0 aliphatic heterocycles. The van der Waals surface area contributed by atoms with Crippen molar-refractivity contribution in [2.75, 3.05) is 19.8 Å². The largest absolute Gasteiger partial charge is 0.469 e. The van der Waals surface area contributed by atoms with Crippen molar-refractivity contribution in [1.29, 1.82) is 0 Å². The van der Waals surface area contributed by atoms with Crippen molar-refractivity contribution in [1.82, 2.24) is 5.32 Å². The van der Waals surface area contributed by atoms with Crippen LogP contribution in [0.2, 0.25) is 0 Å². The van der Waals surface area contributed by atoms with Crippen LogP contribution in [0.3, 0.4) is 0 Å².